The summed E-state index contributed by atoms with van der Waals surface area (Å²) in [4.78, 5) is 4.69. The number of hydrogen-bond acceptors (Lipinski definition) is 6. The molecule has 0 radical (unpaired) electrons. The lowest BCUT2D eigenvalue weighted by molar-refractivity contribution is 0.417. The molecule has 0 aliphatic carbocycles. The lowest BCUT2D eigenvalue weighted by Crippen LogP contribution is -2.13. The number of nitrogens with one attached hydrogen (secondary N) is 1. The predicted molar refractivity (Wildman–Crippen MR) is 99.8 cm³/mol. The molecule has 0 spiro atoms. The molecule has 0 aliphatic rings. The zero-order valence-electron chi connectivity index (χ0n) is 13.1. The fourth-order valence-corrected chi connectivity index (χ4v) is 5.34. The Balaban J connectivity index is 1.95. The molecule has 0 aliphatic heterocycles. The Morgan fingerprint density at radius 1 is 1.25 bits per heavy atom. The van der Waals surface area contributed by atoms with Crippen LogP contribution in [0.4, 0.5) is 5.69 Å². The lowest BCUT2D eigenvalue weighted by atomic mass is 10.3. The molecule has 0 atom stereocenters. The summed E-state index contributed by atoms with van der Waals surface area (Å²) in [6.07, 6.45) is 0. The highest BCUT2D eigenvalue weighted by Crippen LogP contribution is 2.32. The number of anilines is 1. The number of aromatic nitrogens is 1. The molecular weight excluding hydrogens is 364 g/mol. The molecule has 1 N–H and O–H groups in total. The topological polar surface area (TPSA) is 68.3 Å². The Hall–Kier alpha value is -1.77. The summed E-state index contributed by atoms with van der Waals surface area (Å²) < 4.78 is 34.9. The maximum atomic E-state index is 12.7. The Morgan fingerprint density at radius 2 is 2.04 bits per heavy atom. The van der Waals surface area contributed by atoms with Gasteiger partial charge >= 0.3 is 0 Å². The predicted octanol–water partition coefficient (Wildman–Crippen LogP) is 4.22. The minimum absolute atomic E-state index is 0.206. The highest BCUT2D eigenvalue weighted by molar-refractivity contribution is 8.01. The molecule has 24 heavy (non-hydrogen) atoms. The molecule has 0 fully saturated rings. The average molecular weight is 381 g/mol. The average Bonchev–Trinajstić information content (AvgIpc) is 2.97. The monoisotopic (exact) mass is 380 g/mol. The molecule has 2 aromatic carbocycles. The third kappa shape index (κ3) is 3.50. The first kappa shape index (κ1) is 17.1. The quantitative estimate of drug-likeness (QED) is 0.649. The van der Waals surface area contributed by atoms with Crippen LogP contribution in [0.3, 0.4) is 0 Å². The zero-order chi connectivity index (χ0) is 17.2. The smallest absolute Gasteiger partial charge is 0.262 e. The molecule has 1 aromatic heterocycles. The van der Waals surface area contributed by atoms with Crippen LogP contribution in [0, 0.1) is 0 Å². The van der Waals surface area contributed by atoms with Gasteiger partial charge in [0.25, 0.3) is 10.0 Å². The third-order valence-electron chi connectivity index (χ3n) is 3.27. The second-order valence-corrected chi connectivity index (χ2v) is 9.07. The van der Waals surface area contributed by atoms with Gasteiger partial charge in [-0.3, -0.25) is 4.72 Å². The number of thiazole rings is 1. The van der Waals surface area contributed by atoms with Crippen molar-refractivity contribution in [1.29, 1.82) is 0 Å². The summed E-state index contributed by atoms with van der Waals surface area (Å²) in [6.45, 7) is 2.06. The van der Waals surface area contributed by atoms with Gasteiger partial charge in [0.2, 0.25) is 0 Å². The van der Waals surface area contributed by atoms with Crippen LogP contribution < -0.4 is 9.46 Å². The minimum atomic E-state index is -3.70. The number of nitrogens with zero attached hydrogens (tertiary/aromatic N) is 1. The Kier molecular flexibility index (Phi) is 4.98. The maximum absolute atomic E-state index is 12.7. The number of sulfonamides is 1. The Bertz CT molecular complexity index is 968. The van der Waals surface area contributed by atoms with Gasteiger partial charge in [0.05, 0.1) is 27.9 Å². The van der Waals surface area contributed by atoms with Crippen molar-refractivity contribution in [1.82, 2.24) is 4.98 Å². The number of fused-ring (bicyclic) bond motifs is 1. The van der Waals surface area contributed by atoms with Gasteiger partial charge in [0.15, 0.2) is 4.34 Å². The van der Waals surface area contributed by atoms with Crippen LogP contribution >= 0.6 is 23.1 Å². The van der Waals surface area contributed by atoms with Crippen LogP contribution in [0.2, 0.25) is 0 Å². The first-order valence-electron chi connectivity index (χ1n) is 7.22. The highest BCUT2D eigenvalue weighted by atomic mass is 32.2. The zero-order valence-corrected chi connectivity index (χ0v) is 15.6. The van der Waals surface area contributed by atoms with Crippen molar-refractivity contribution in [2.24, 2.45) is 0 Å². The summed E-state index contributed by atoms with van der Waals surface area (Å²) in [5.74, 6) is 1.40. The normalized spacial score (nSPS) is 11.6. The van der Waals surface area contributed by atoms with E-state index in [1.165, 1.54) is 18.4 Å². The molecule has 3 aromatic rings. The number of para-hydroxylation sites is 2. The number of thioether (sulfide) groups is 1. The minimum Gasteiger partial charge on any atom is -0.495 e. The van der Waals surface area contributed by atoms with Gasteiger partial charge < -0.3 is 4.74 Å². The second kappa shape index (κ2) is 7.00. The van der Waals surface area contributed by atoms with E-state index in [4.69, 9.17) is 4.74 Å². The van der Waals surface area contributed by atoms with E-state index in [9.17, 15) is 8.42 Å². The van der Waals surface area contributed by atoms with Crippen LogP contribution in [0.15, 0.2) is 51.7 Å². The van der Waals surface area contributed by atoms with Crippen molar-refractivity contribution in [2.45, 2.75) is 16.2 Å². The molecule has 126 valence electrons. The van der Waals surface area contributed by atoms with Crippen molar-refractivity contribution in [3.05, 3.63) is 42.5 Å². The van der Waals surface area contributed by atoms with E-state index in [0.717, 1.165) is 20.3 Å². The largest absolute Gasteiger partial charge is 0.495 e. The summed E-state index contributed by atoms with van der Waals surface area (Å²) >= 11 is 3.15. The fraction of sp³-hybridized carbons (Fsp3) is 0.188. The fourth-order valence-electron chi connectivity index (χ4n) is 2.17. The molecule has 0 saturated carbocycles. The number of ether oxygens (including phenoxy) is 1. The summed E-state index contributed by atoms with van der Waals surface area (Å²) in [6, 6.07) is 11.9. The lowest BCUT2D eigenvalue weighted by Gasteiger charge is -2.11. The van der Waals surface area contributed by atoms with Gasteiger partial charge in [-0.15, -0.1) is 11.3 Å². The number of hydrogen-bond donors (Lipinski definition) is 1. The van der Waals surface area contributed by atoms with Gasteiger partial charge in [-0.25, -0.2) is 13.4 Å². The first-order valence-corrected chi connectivity index (χ1v) is 10.5. The van der Waals surface area contributed by atoms with E-state index in [1.807, 2.05) is 0 Å². The van der Waals surface area contributed by atoms with E-state index < -0.39 is 10.0 Å². The van der Waals surface area contributed by atoms with Crippen molar-refractivity contribution >= 4 is 49.0 Å². The van der Waals surface area contributed by atoms with E-state index in [1.54, 1.807) is 54.2 Å². The van der Waals surface area contributed by atoms with Gasteiger partial charge in [-0.1, -0.05) is 30.8 Å². The number of rotatable bonds is 6. The van der Waals surface area contributed by atoms with Gasteiger partial charge in [0, 0.05) is 0 Å². The van der Waals surface area contributed by atoms with E-state index in [-0.39, 0.29) is 4.90 Å². The van der Waals surface area contributed by atoms with Crippen molar-refractivity contribution in [3.8, 4) is 5.75 Å². The van der Waals surface area contributed by atoms with Crippen LogP contribution in [-0.4, -0.2) is 26.3 Å². The van der Waals surface area contributed by atoms with Crippen LogP contribution in [0.25, 0.3) is 10.2 Å². The second-order valence-electron chi connectivity index (χ2n) is 4.85. The van der Waals surface area contributed by atoms with Crippen LogP contribution in [0.5, 0.6) is 5.75 Å². The highest BCUT2D eigenvalue weighted by Gasteiger charge is 2.17. The molecular formula is C16H16N2O3S3. The Morgan fingerprint density at radius 3 is 2.79 bits per heavy atom. The molecule has 3 rings (SSSR count). The van der Waals surface area contributed by atoms with E-state index >= 15 is 0 Å². The van der Waals surface area contributed by atoms with E-state index in [0.29, 0.717) is 11.4 Å². The molecule has 0 unspecified atom stereocenters. The van der Waals surface area contributed by atoms with Gasteiger partial charge in [-0.2, -0.15) is 0 Å². The van der Waals surface area contributed by atoms with E-state index in [2.05, 4.69) is 16.6 Å². The molecule has 0 bridgehead atoms. The Labute approximate surface area is 149 Å². The number of benzene rings is 2. The molecule has 1 heterocycles. The van der Waals surface area contributed by atoms with Gasteiger partial charge in [0.1, 0.15) is 5.75 Å². The summed E-state index contributed by atoms with van der Waals surface area (Å²) in [7, 11) is -2.19. The molecule has 8 heteroatoms. The number of methoxy groups -OCH3 is 1. The molecule has 5 nitrogen and oxygen atoms in total. The van der Waals surface area contributed by atoms with Crippen molar-refractivity contribution in [3.63, 3.8) is 0 Å². The molecule has 0 saturated heterocycles. The van der Waals surface area contributed by atoms with Crippen molar-refractivity contribution < 1.29 is 13.2 Å². The SMILES string of the molecule is CCSc1nc2ccc(S(=O)(=O)Nc3ccccc3OC)cc2s1. The van der Waals surface area contributed by atoms with Crippen LogP contribution in [-0.2, 0) is 10.0 Å². The summed E-state index contributed by atoms with van der Waals surface area (Å²) in [5, 5.41) is 0. The summed E-state index contributed by atoms with van der Waals surface area (Å²) in [5.41, 5.74) is 1.22. The maximum Gasteiger partial charge on any atom is 0.262 e. The van der Waals surface area contributed by atoms with Crippen LogP contribution in [0.1, 0.15) is 6.92 Å². The standard InChI is InChI=1S/C16H16N2O3S3/c1-3-22-16-17-13-9-8-11(10-15(13)23-16)24(19,20)18-12-6-4-5-7-14(12)21-2/h4-10,18H,3H2,1-2H3. The third-order valence-corrected chi connectivity index (χ3v) is 6.68. The molecule has 0 amide bonds. The van der Waals surface area contributed by atoms with Gasteiger partial charge in [-0.05, 0) is 36.1 Å². The first-order chi connectivity index (χ1) is 11.5. The van der Waals surface area contributed by atoms with Crippen molar-refractivity contribution in [2.75, 3.05) is 17.6 Å².